The third kappa shape index (κ3) is 3.42. The van der Waals surface area contributed by atoms with Gasteiger partial charge in [0.05, 0.1) is 23.4 Å². The van der Waals surface area contributed by atoms with Crippen LogP contribution in [-0.4, -0.2) is 21.3 Å². The van der Waals surface area contributed by atoms with Gasteiger partial charge in [0.1, 0.15) is 5.02 Å². The minimum atomic E-state index is -0.319. The molecular weight excluding hydrogens is 284 g/mol. The Morgan fingerprint density at radius 1 is 1.58 bits per heavy atom. The zero-order valence-electron chi connectivity index (χ0n) is 10.2. The maximum atomic E-state index is 11.8. The number of hydrogen-bond acceptors (Lipinski definition) is 5. The normalized spacial score (nSPS) is 10.4. The van der Waals surface area contributed by atoms with Crippen LogP contribution in [0.3, 0.4) is 0 Å². The SMILES string of the molecule is C=CCn1ncc(NCCc2nccs2)c(Cl)c1=O. The van der Waals surface area contributed by atoms with E-state index in [4.69, 9.17) is 11.6 Å². The molecule has 19 heavy (non-hydrogen) atoms. The van der Waals surface area contributed by atoms with E-state index >= 15 is 0 Å². The van der Waals surface area contributed by atoms with Gasteiger partial charge in [-0.15, -0.1) is 17.9 Å². The predicted octanol–water partition coefficient (Wildman–Crippen LogP) is 2.19. The Bertz CT molecular complexity index is 609. The zero-order chi connectivity index (χ0) is 13.7. The molecule has 2 rings (SSSR count). The van der Waals surface area contributed by atoms with Gasteiger partial charge in [0.25, 0.3) is 5.56 Å². The van der Waals surface area contributed by atoms with Crippen molar-refractivity contribution >= 4 is 28.6 Å². The predicted molar refractivity (Wildman–Crippen MR) is 78.0 cm³/mol. The molecule has 0 spiro atoms. The van der Waals surface area contributed by atoms with Crippen molar-refractivity contribution in [1.29, 1.82) is 0 Å². The van der Waals surface area contributed by atoms with E-state index in [1.807, 2.05) is 5.38 Å². The van der Waals surface area contributed by atoms with Crippen molar-refractivity contribution in [2.75, 3.05) is 11.9 Å². The minimum absolute atomic E-state index is 0.149. The highest BCUT2D eigenvalue weighted by atomic mass is 35.5. The summed E-state index contributed by atoms with van der Waals surface area (Å²) < 4.78 is 1.27. The second-order valence-electron chi connectivity index (χ2n) is 3.75. The molecule has 2 heterocycles. The van der Waals surface area contributed by atoms with E-state index < -0.39 is 0 Å². The first-order valence-electron chi connectivity index (χ1n) is 5.71. The molecule has 100 valence electrons. The van der Waals surface area contributed by atoms with Gasteiger partial charge in [-0.05, 0) is 0 Å². The molecule has 0 amide bonds. The molecule has 0 aliphatic rings. The number of thiazole rings is 1. The fourth-order valence-electron chi connectivity index (χ4n) is 1.52. The van der Waals surface area contributed by atoms with Crippen LogP contribution >= 0.6 is 22.9 Å². The van der Waals surface area contributed by atoms with E-state index in [0.29, 0.717) is 18.8 Å². The van der Waals surface area contributed by atoms with Crippen LogP contribution in [0.1, 0.15) is 5.01 Å². The zero-order valence-corrected chi connectivity index (χ0v) is 11.7. The summed E-state index contributed by atoms with van der Waals surface area (Å²) in [5.74, 6) is 0. The summed E-state index contributed by atoms with van der Waals surface area (Å²) in [4.78, 5) is 16.0. The number of nitrogens with zero attached hydrogens (tertiary/aromatic N) is 3. The molecule has 0 saturated heterocycles. The summed E-state index contributed by atoms with van der Waals surface area (Å²) in [6.07, 6.45) is 5.70. The number of nitrogens with one attached hydrogen (secondary N) is 1. The van der Waals surface area contributed by atoms with Crippen molar-refractivity contribution in [1.82, 2.24) is 14.8 Å². The highest BCUT2D eigenvalue weighted by molar-refractivity contribution is 7.09. The summed E-state index contributed by atoms with van der Waals surface area (Å²) in [5.41, 5.74) is 0.226. The van der Waals surface area contributed by atoms with E-state index in [-0.39, 0.29) is 10.6 Å². The summed E-state index contributed by atoms with van der Waals surface area (Å²) in [5, 5.41) is 10.2. The number of allylic oxidation sites excluding steroid dienone is 1. The molecular formula is C12H13ClN4OS. The molecule has 0 aliphatic carbocycles. The van der Waals surface area contributed by atoms with Gasteiger partial charge in [0, 0.05) is 24.5 Å². The molecule has 0 bridgehead atoms. The lowest BCUT2D eigenvalue weighted by Crippen LogP contribution is -2.24. The van der Waals surface area contributed by atoms with Crippen LogP contribution in [0.15, 0.2) is 35.2 Å². The molecule has 5 nitrogen and oxygen atoms in total. The number of rotatable bonds is 6. The Hall–Kier alpha value is -1.66. The maximum Gasteiger partial charge on any atom is 0.287 e. The molecule has 2 aromatic rings. The fraction of sp³-hybridized carbons (Fsp3) is 0.250. The number of hydrogen-bond donors (Lipinski definition) is 1. The lowest BCUT2D eigenvalue weighted by molar-refractivity contribution is 0.653. The summed E-state index contributed by atoms with van der Waals surface area (Å²) in [6.45, 7) is 4.56. The largest absolute Gasteiger partial charge is 0.382 e. The average molecular weight is 297 g/mol. The van der Waals surface area contributed by atoms with Gasteiger partial charge in [0.2, 0.25) is 0 Å². The van der Waals surface area contributed by atoms with Crippen molar-refractivity contribution in [3.63, 3.8) is 0 Å². The summed E-state index contributed by atoms with van der Waals surface area (Å²) in [7, 11) is 0. The van der Waals surface area contributed by atoms with E-state index in [1.165, 1.54) is 4.68 Å². The van der Waals surface area contributed by atoms with E-state index in [0.717, 1.165) is 11.4 Å². The molecule has 0 atom stereocenters. The highest BCUT2D eigenvalue weighted by Gasteiger charge is 2.08. The van der Waals surface area contributed by atoms with Crippen LogP contribution in [-0.2, 0) is 13.0 Å². The van der Waals surface area contributed by atoms with Gasteiger partial charge in [-0.3, -0.25) is 4.79 Å². The third-order valence-corrected chi connectivity index (χ3v) is 3.63. The molecule has 7 heteroatoms. The van der Waals surface area contributed by atoms with Crippen molar-refractivity contribution in [2.24, 2.45) is 0 Å². The van der Waals surface area contributed by atoms with Crippen LogP contribution in [0.25, 0.3) is 0 Å². The van der Waals surface area contributed by atoms with Gasteiger partial charge in [-0.1, -0.05) is 17.7 Å². The molecule has 1 N–H and O–H groups in total. The number of halogens is 1. The van der Waals surface area contributed by atoms with Crippen LogP contribution in [0, 0.1) is 0 Å². The number of aromatic nitrogens is 3. The average Bonchev–Trinajstić information content (AvgIpc) is 2.91. The molecule has 0 unspecified atom stereocenters. The summed E-state index contributed by atoms with van der Waals surface area (Å²) in [6, 6.07) is 0. The second kappa shape index (κ2) is 6.49. The second-order valence-corrected chi connectivity index (χ2v) is 5.11. The van der Waals surface area contributed by atoms with Gasteiger partial charge >= 0.3 is 0 Å². The van der Waals surface area contributed by atoms with Crippen LogP contribution in [0.4, 0.5) is 5.69 Å². The first-order chi connectivity index (χ1) is 9.22. The molecule has 0 aliphatic heterocycles. The Labute approximate surface area is 119 Å². The minimum Gasteiger partial charge on any atom is -0.382 e. The Morgan fingerprint density at radius 2 is 2.42 bits per heavy atom. The van der Waals surface area contributed by atoms with E-state index in [9.17, 15) is 4.79 Å². The molecule has 0 aromatic carbocycles. The Balaban J connectivity index is 2.02. The van der Waals surface area contributed by atoms with Crippen LogP contribution < -0.4 is 10.9 Å². The standard InChI is InChI=1S/C12H13ClN4OS/c1-2-6-17-12(18)11(13)9(8-16-17)14-4-3-10-15-5-7-19-10/h2,5,7-8,14H,1,3-4,6H2. The molecule has 0 radical (unpaired) electrons. The van der Waals surface area contributed by atoms with Crippen molar-refractivity contribution in [3.05, 3.63) is 50.8 Å². The lowest BCUT2D eigenvalue weighted by atomic mass is 10.4. The Morgan fingerprint density at radius 3 is 3.11 bits per heavy atom. The molecule has 0 saturated carbocycles. The monoisotopic (exact) mass is 296 g/mol. The van der Waals surface area contributed by atoms with Gasteiger partial charge in [-0.2, -0.15) is 5.10 Å². The lowest BCUT2D eigenvalue weighted by Gasteiger charge is -2.08. The van der Waals surface area contributed by atoms with Gasteiger partial charge in [0.15, 0.2) is 0 Å². The van der Waals surface area contributed by atoms with Crippen molar-refractivity contribution < 1.29 is 0 Å². The molecule has 2 aromatic heterocycles. The van der Waals surface area contributed by atoms with E-state index in [1.54, 1.807) is 29.8 Å². The van der Waals surface area contributed by atoms with Crippen LogP contribution in [0.2, 0.25) is 5.02 Å². The fourth-order valence-corrected chi connectivity index (χ4v) is 2.35. The van der Waals surface area contributed by atoms with E-state index in [2.05, 4.69) is 22.0 Å². The van der Waals surface area contributed by atoms with Gasteiger partial charge < -0.3 is 5.32 Å². The first-order valence-corrected chi connectivity index (χ1v) is 6.97. The molecule has 0 fully saturated rings. The first kappa shape index (κ1) is 13.8. The maximum absolute atomic E-state index is 11.8. The summed E-state index contributed by atoms with van der Waals surface area (Å²) >= 11 is 7.61. The van der Waals surface area contributed by atoms with Gasteiger partial charge in [-0.25, -0.2) is 9.67 Å². The van der Waals surface area contributed by atoms with Crippen molar-refractivity contribution in [2.45, 2.75) is 13.0 Å². The highest BCUT2D eigenvalue weighted by Crippen LogP contribution is 2.15. The quantitative estimate of drug-likeness (QED) is 0.830. The van der Waals surface area contributed by atoms with Crippen molar-refractivity contribution in [3.8, 4) is 0 Å². The number of anilines is 1. The smallest absolute Gasteiger partial charge is 0.287 e. The topological polar surface area (TPSA) is 59.8 Å². The van der Waals surface area contributed by atoms with Crippen LogP contribution in [0.5, 0.6) is 0 Å². The Kier molecular flexibility index (Phi) is 4.70. The third-order valence-electron chi connectivity index (χ3n) is 2.42.